The van der Waals surface area contributed by atoms with Crippen LogP contribution in [0.25, 0.3) is 0 Å². The minimum atomic E-state index is 0.663. The predicted molar refractivity (Wildman–Crippen MR) is 66.0 cm³/mol. The molecule has 0 aromatic carbocycles. The van der Waals surface area contributed by atoms with E-state index in [1.165, 1.54) is 6.42 Å². The first-order valence-corrected chi connectivity index (χ1v) is 5.75. The molecule has 1 aromatic rings. The zero-order valence-electron chi connectivity index (χ0n) is 10.1. The molecule has 1 aliphatic heterocycles. The van der Waals surface area contributed by atoms with Gasteiger partial charge in [0.1, 0.15) is 5.82 Å². The Hall–Kier alpha value is -1.13. The summed E-state index contributed by atoms with van der Waals surface area (Å²) in [6.07, 6.45) is 2.98. The number of anilines is 1. The second-order valence-electron chi connectivity index (χ2n) is 4.69. The first kappa shape index (κ1) is 11.4. The molecule has 16 heavy (non-hydrogen) atoms. The van der Waals surface area contributed by atoms with E-state index < -0.39 is 0 Å². The van der Waals surface area contributed by atoms with Crippen molar-refractivity contribution in [2.75, 3.05) is 32.9 Å². The van der Waals surface area contributed by atoms with Crippen LogP contribution in [0.3, 0.4) is 0 Å². The van der Waals surface area contributed by atoms with Crippen LogP contribution in [-0.2, 0) is 6.54 Å². The minimum absolute atomic E-state index is 0.663. The fraction of sp³-hybridized carbons (Fsp3) is 0.583. The van der Waals surface area contributed by atoms with E-state index in [4.69, 9.17) is 5.73 Å². The van der Waals surface area contributed by atoms with Gasteiger partial charge in [-0.3, -0.25) is 4.90 Å². The standard InChI is InChI=1S/C12H20N4/c1-15(2)11-5-7-16(9-11)8-10-4-3-6-14-12(10)13/h3-4,6,11H,5,7-9H2,1-2H3,(H2,13,14). The molecule has 88 valence electrons. The van der Waals surface area contributed by atoms with Crippen molar-refractivity contribution in [2.24, 2.45) is 0 Å². The number of nitrogen functional groups attached to an aromatic ring is 1. The molecule has 0 amide bonds. The third kappa shape index (κ3) is 2.51. The molecule has 0 radical (unpaired) electrons. The summed E-state index contributed by atoms with van der Waals surface area (Å²) < 4.78 is 0. The molecule has 0 saturated carbocycles. The van der Waals surface area contributed by atoms with Gasteiger partial charge < -0.3 is 10.6 Å². The number of nitrogens with zero attached hydrogens (tertiary/aromatic N) is 3. The number of rotatable bonds is 3. The summed E-state index contributed by atoms with van der Waals surface area (Å²) in [4.78, 5) is 8.86. The second-order valence-corrected chi connectivity index (χ2v) is 4.69. The molecule has 1 aliphatic rings. The summed E-state index contributed by atoms with van der Waals surface area (Å²) in [5.74, 6) is 0.663. The van der Waals surface area contributed by atoms with Gasteiger partial charge in [-0.15, -0.1) is 0 Å². The summed E-state index contributed by atoms with van der Waals surface area (Å²) in [6.45, 7) is 3.20. The van der Waals surface area contributed by atoms with Gasteiger partial charge >= 0.3 is 0 Å². The number of likely N-dealkylation sites (tertiary alicyclic amines) is 1. The first-order chi connectivity index (χ1) is 7.66. The highest BCUT2D eigenvalue weighted by Gasteiger charge is 2.24. The molecule has 1 fully saturated rings. The maximum Gasteiger partial charge on any atom is 0.127 e. The second kappa shape index (κ2) is 4.80. The van der Waals surface area contributed by atoms with Crippen molar-refractivity contribution >= 4 is 5.82 Å². The van der Waals surface area contributed by atoms with Crippen LogP contribution < -0.4 is 5.73 Å². The Morgan fingerprint density at radius 1 is 1.56 bits per heavy atom. The summed E-state index contributed by atoms with van der Waals surface area (Å²) in [6, 6.07) is 4.69. The van der Waals surface area contributed by atoms with E-state index in [1.807, 2.05) is 6.07 Å². The summed E-state index contributed by atoms with van der Waals surface area (Å²) >= 11 is 0. The van der Waals surface area contributed by atoms with Crippen molar-refractivity contribution in [3.05, 3.63) is 23.9 Å². The van der Waals surface area contributed by atoms with E-state index in [0.717, 1.165) is 25.2 Å². The van der Waals surface area contributed by atoms with Crippen molar-refractivity contribution in [1.29, 1.82) is 0 Å². The quantitative estimate of drug-likeness (QED) is 0.818. The van der Waals surface area contributed by atoms with E-state index in [2.05, 4.69) is 34.9 Å². The lowest BCUT2D eigenvalue weighted by Gasteiger charge is -2.20. The third-order valence-corrected chi connectivity index (χ3v) is 3.30. The van der Waals surface area contributed by atoms with E-state index in [0.29, 0.717) is 11.9 Å². The molecule has 1 unspecified atom stereocenters. The van der Waals surface area contributed by atoms with Crippen molar-refractivity contribution in [3.8, 4) is 0 Å². The molecule has 0 bridgehead atoms. The molecule has 2 N–H and O–H groups in total. The fourth-order valence-electron chi connectivity index (χ4n) is 2.20. The first-order valence-electron chi connectivity index (χ1n) is 5.75. The van der Waals surface area contributed by atoms with E-state index in [-0.39, 0.29) is 0 Å². The summed E-state index contributed by atoms with van der Waals surface area (Å²) in [5, 5.41) is 0. The summed E-state index contributed by atoms with van der Waals surface area (Å²) in [7, 11) is 4.29. The average molecular weight is 220 g/mol. The molecule has 2 rings (SSSR count). The Balaban J connectivity index is 1.95. The van der Waals surface area contributed by atoms with Gasteiger partial charge in [-0.25, -0.2) is 4.98 Å². The van der Waals surface area contributed by atoms with Crippen LogP contribution in [0, 0.1) is 0 Å². The Labute approximate surface area is 97.1 Å². The van der Waals surface area contributed by atoms with Crippen LogP contribution in [0.1, 0.15) is 12.0 Å². The molecule has 0 aliphatic carbocycles. The van der Waals surface area contributed by atoms with Crippen LogP contribution in [0.2, 0.25) is 0 Å². The molecule has 1 atom stereocenters. The van der Waals surface area contributed by atoms with Crippen LogP contribution in [0.5, 0.6) is 0 Å². The Morgan fingerprint density at radius 2 is 2.38 bits per heavy atom. The molecular weight excluding hydrogens is 200 g/mol. The van der Waals surface area contributed by atoms with Crippen LogP contribution in [0.4, 0.5) is 5.82 Å². The number of nitrogens with two attached hydrogens (primary N) is 1. The SMILES string of the molecule is CN(C)C1CCN(Cc2cccnc2N)C1. The monoisotopic (exact) mass is 220 g/mol. The number of likely N-dealkylation sites (N-methyl/N-ethyl adjacent to an activating group) is 1. The van der Waals surface area contributed by atoms with Crippen molar-refractivity contribution in [1.82, 2.24) is 14.8 Å². The molecule has 1 aromatic heterocycles. The fourth-order valence-corrected chi connectivity index (χ4v) is 2.20. The van der Waals surface area contributed by atoms with Gasteiger partial charge in [0.2, 0.25) is 0 Å². The Morgan fingerprint density at radius 3 is 3.00 bits per heavy atom. The predicted octanol–water partition coefficient (Wildman–Crippen LogP) is 0.800. The number of aromatic nitrogens is 1. The number of hydrogen-bond donors (Lipinski definition) is 1. The van der Waals surface area contributed by atoms with Crippen LogP contribution >= 0.6 is 0 Å². The van der Waals surface area contributed by atoms with Gasteiger partial charge in [0.05, 0.1) is 0 Å². The van der Waals surface area contributed by atoms with Crippen molar-refractivity contribution < 1.29 is 0 Å². The highest BCUT2D eigenvalue weighted by atomic mass is 15.2. The van der Waals surface area contributed by atoms with E-state index >= 15 is 0 Å². The van der Waals surface area contributed by atoms with Crippen molar-refractivity contribution in [3.63, 3.8) is 0 Å². The average Bonchev–Trinajstić information content (AvgIpc) is 2.70. The van der Waals surface area contributed by atoms with Gasteiger partial charge in [-0.05, 0) is 26.6 Å². The molecule has 2 heterocycles. The minimum Gasteiger partial charge on any atom is -0.383 e. The maximum atomic E-state index is 5.84. The molecule has 1 saturated heterocycles. The van der Waals surface area contributed by atoms with Gasteiger partial charge in [-0.2, -0.15) is 0 Å². The zero-order valence-corrected chi connectivity index (χ0v) is 10.1. The highest BCUT2D eigenvalue weighted by Crippen LogP contribution is 2.18. The summed E-state index contributed by atoms with van der Waals surface area (Å²) in [5.41, 5.74) is 6.99. The van der Waals surface area contributed by atoms with Crippen LogP contribution in [-0.4, -0.2) is 48.0 Å². The lowest BCUT2D eigenvalue weighted by Crippen LogP contribution is -2.31. The van der Waals surface area contributed by atoms with E-state index in [9.17, 15) is 0 Å². The highest BCUT2D eigenvalue weighted by molar-refractivity contribution is 5.38. The van der Waals surface area contributed by atoms with Gasteiger partial charge in [0.15, 0.2) is 0 Å². The number of pyridine rings is 1. The lowest BCUT2D eigenvalue weighted by atomic mass is 10.2. The molecule has 4 nitrogen and oxygen atoms in total. The smallest absolute Gasteiger partial charge is 0.127 e. The zero-order chi connectivity index (χ0) is 11.5. The lowest BCUT2D eigenvalue weighted by molar-refractivity contribution is 0.265. The Bertz CT molecular complexity index is 351. The van der Waals surface area contributed by atoms with Crippen molar-refractivity contribution in [2.45, 2.75) is 19.0 Å². The maximum absolute atomic E-state index is 5.84. The number of hydrogen-bond acceptors (Lipinski definition) is 4. The van der Waals surface area contributed by atoms with Gasteiger partial charge in [-0.1, -0.05) is 6.07 Å². The molecule has 0 spiro atoms. The topological polar surface area (TPSA) is 45.4 Å². The van der Waals surface area contributed by atoms with Gasteiger partial charge in [0.25, 0.3) is 0 Å². The Kier molecular flexibility index (Phi) is 3.41. The largest absolute Gasteiger partial charge is 0.383 e. The molecular formula is C12H20N4. The van der Waals surface area contributed by atoms with Crippen LogP contribution in [0.15, 0.2) is 18.3 Å². The van der Waals surface area contributed by atoms with E-state index in [1.54, 1.807) is 6.20 Å². The van der Waals surface area contributed by atoms with Gasteiger partial charge in [0, 0.05) is 37.4 Å². The third-order valence-electron chi connectivity index (χ3n) is 3.30. The molecule has 4 heteroatoms. The normalized spacial score (nSPS) is 21.8.